The molecule has 0 aliphatic carbocycles. The Morgan fingerprint density at radius 1 is 1.35 bits per heavy atom. The van der Waals surface area contributed by atoms with Crippen LogP contribution in [0.2, 0.25) is 0 Å². The van der Waals surface area contributed by atoms with Gasteiger partial charge in [0.15, 0.2) is 0 Å². The van der Waals surface area contributed by atoms with Crippen LogP contribution in [0.15, 0.2) is 29.8 Å². The number of nitrogens with zero attached hydrogens (tertiary/aromatic N) is 3. The largest absolute Gasteiger partial charge is 0.497 e. The van der Waals surface area contributed by atoms with Crippen molar-refractivity contribution in [2.24, 2.45) is 0 Å². The second kappa shape index (κ2) is 6.29. The lowest BCUT2D eigenvalue weighted by molar-refractivity contribution is 0.203. The number of ether oxygens (including phenoxy) is 1. The lowest BCUT2D eigenvalue weighted by atomic mass is 9.89. The summed E-state index contributed by atoms with van der Waals surface area (Å²) in [7, 11) is 1.72. The second-order valence-electron chi connectivity index (χ2n) is 6.10. The SMILES string of the molecule is COc1ccc2[nH]cc(C3CCN(Cc4csnn4)CC3)c2c1. The van der Waals surface area contributed by atoms with E-state index in [1.54, 1.807) is 7.11 Å². The summed E-state index contributed by atoms with van der Waals surface area (Å²) in [4.78, 5) is 5.87. The van der Waals surface area contributed by atoms with Crippen LogP contribution in [0.1, 0.15) is 30.0 Å². The molecule has 0 atom stereocenters. The molecule has 4 rings (SSSR count). The minimum Gasteiger partial charge on any atom is -0.497 e. The first kappa shape index (κ1) is 14.7. The molecule has 1 N–H and O–H groups in total. The molecule has 23 heavy (non-hydrogen) atoms. The fraction of sp³-hybridized carbons (Fsp3) is 0.412. The van der Waals surface area contributed by atoms with Crippen LogP contribution in [0, 0.1) is 0 Å². The first-order valence-corrected chi connectivity index (χ1v) is 8.80. The second-order valence-corrected chi connectivity index (χ2v) is 6.71. The van der Waals surface area contributed by atoms with Gasteiger partial charge in [-0.1, -0.05) is 4.49 Å². The Hall–Kier alpha value is -1.92. The molecule has 0 saturated carbocycles. The summed E-state index contributed by atoms with van der Waals surface area (Å²) in [5.74, 6) is 1.53. The normalized spacial score (nSPS) is 16.9. The van der Waals surface area contributed by atoms with Gasteiger partial charge in [0.05, 0.1) is 12.8 Å². The fourth-order valence-corrected chi connectivity index (χ4v) is 3.91. The Labute approximate surface area is 139 Å². The predicted octanol–water partition coefficient (Wildman–Crippen LogP) is 3.41. The third-order valence-corrected chi connectivity index (χ3v) is 5.29. The highest BCUT2D eigenvalue weighted by Crippen LogP contribution is 2.34. The molecule has 5 nitrogen and oxygen atoms in total. The number of aromatic amines is 1. The number of piperidine rings is 1. The molecule has 1 aliphatic rings. The Balaban J connectivity index is 1.47. The molecule has 0 bridgehead atoms. The molecule has 0 amide bonds. The molecule has 2 aromatic heterocycles. The lowest BCUT2D eigenvalue weighted by Gasteiger charge is -2.31. The van der Waals surface area contributed by atoms with Crippen LogP contribution < -0.4 is 4.74 Å². The topological polar surface area (TPSA) is 54.0 Å². The molecule has 0 radical (unpaired) electrons. The van der Waals surface area contributed by atoms with Crippen molar-refractivity contribution in [3.05, 3.63) is 41.0 Å². The van der Waals surface area contributed by atoms with E-state index in [-0.39, 0.29) is 0 Å². The standard InChI is InChI=1S/C17H20N4OS/c1-22-14-2-3-17-15(8-14)16(9-18-17)12-4-6-21(7-5-12)10-13-11-23-20-19-13/h2-3,8-9,11-12,18H,4-7,10H2,1H3. The minimum atomic E-state index is 0.612. The number of fused-ring (bicyclic) bond motifs is 1. The van der Waals surface area contributed by atoms with E-state index in [9.17, 15) is 0 Å². The van der Waals surface area contributed by atoms with Crippen LogP contribution in [0.3, 0.4) is 0 Å². The van der Waals surface area contributed by atoms with Gasteiger partial charge in [-0.05, 0) is 67.1 Å². The van der Waals surface area contributed by atoms with Gasteiger partial charge in [-0.25, -0.2) is 0 Å². The predicted molar refractivity (Wildman–Crippen MR) is 92.0 cm³/mol. The van der Waals surface area contributed by atoms with E-state index in [2.05, 4.69) is 37.8 Å². The van der Waals surface area contributed by atoms with Gasteiger partial charge in [-0.15, -0.1) is 5.10 Å². The van der Waals surface area contributed by atoms with E-state index < -0.39 is 0 Å². The van der Waals surface area contributed by atoms with Crippen molar-refractivity contribution in [2.45, 2.75) is 25.3 Å². The Bertz CT molecular complexity index is 775. The number of likely N-dealkylation sites (tertiary alicyclic amines) is 1. The first-order chi connectivity index (χ1) is 11.3. The molecule has 3 aromatic rings. The van der Waals surface area contributed by atoms with Crippen molar-refractivity contribution in [3.8, 4) is 5.75 Å². The highest BCUT2D eigenvalue weighted by molar-refractivity contribution is 7.03. The molecule has 120 valence electrons. The molecule has 1 fully saturated rings. The van der Waals surface area contributed by atoms with Gasteiger partial charge >= 0.3 is 0 Å². The molecule has 1 aromatic carbocycles. The average Bonchev–Trinajstić information content (AvgIpc) is 3.24. The fourth-order valence-electron chi connectivity index (χ4n) is 3.47. The van der Waals surface area contributed by atoms with Gasteiger partial charge in [0.2, 0.25) is 0 Å². The highest BCUT2D eigenvalue weighted by atomic mass is 32.1. The van der Waals surface area contributed by atoms with Crippen LogP contribution in [0.4, 0.5) is 0 Å². The van der Waals surface area contributed by atoms with E-state index in [0.717, 1.165) is 31.1 Å². The van der Waals surface area contributed by atoms with Crippen molar-refractivity contribution < 1.29 is 4.74 Å². The highest BCUT2D eigenvalue weighted by Gasteiger charge is 2.23. The van der Waals surface area contributed by atoms with Gasteiger partial charge in [0, 0.05) is 29.0 Å². The van der Waals surface area contributed by atoms with E-state index in [0.29, 0.717) is 5.92 Å². The smallest absolute Gasteiger partial charge is 0.119 e. The van der Waals surface area contributed by atoms with Crippen molar-refractivity contribution >= 4 is 22.4 Å². The quantitative estimate of drug-likeness (QED) is 0.797. The van der Waals surface area contributed by atoms with Crippen molar-refractivity contribution in [1.82, 2.24) is 19.5 Å². The number of nitrogens with one attached hydrogen (secondary N) is 1. The number of aromatic nitrogens is 3. The molecule has 0 spiro atoms. The number of hydrogen-bond acceptors (Lipinski definition) is 5. The maximum Gasteiger partial charge on any atom is 0.119 e. The summed E-state index contributed by atoms with van der Waals surface area (Å²) >= 11 is 1.43. The van der Waals surface area contributed by atoms with Gasteiger partial charge in [0.25, 0.3) is 0 Å². The molecule has 1 saturated heterocycles. The molecule has 1 aliphatic heterocycles. The third-order valence-electron chi connectivity index (χ3n) is 4.74. The summed E-state index contributed by atoms with van der Waals surface area (Å²) in [5, 5.41) is 7.48. The monoisotopic (exact) mass is 328 g/mol. The van der Waals surface area contributed by atoms with E-state index in [1.807, 2.05) is 11.4 Å². The van der Waals surface area contributed by atoms with Crippen molar-refractivity contribution in [3.63, 3.8) is 0 Å². The molecule has 3 heterocycles. The number of H-pyrrole nitrogens is 1. The number of methoxy groups -OCH3 is 1. The zero-order valence-electron chi connectivity index (χ0n) is 13.2. The van der Waals surface area contributed by atoms with Gasteiger partial charge in [-0.3, -0.25) is 4.90 Å². The third kappa shape index (κ3) is 2.96. The zero-order chi connectivity index (χ0) is 15.6. The first-order valence-electron chi connectivity index (χ1n) is 7.97. The van der Waals surface area contributed by atoms with E-state index in [4.69, 9.17) is 4.74 Å². The molecular weight excluding hydrogens is 308 g/mol. The summed E-state index contributed by atoms with van der Waals surface area (Å²) < 4.78 is 9.32. The van der Waals surface area contributed by atoms with Gasteiger partial charge < -0.3 is 9.72 Å². The summed E-state index contributed by atoms with van der Waals surface area (Å²) in [6.45, 7) is 3.14. The summed E-state index contributed by atoms with van der Waals surface area (Å²) in [6.07, 6.45) is 4.54. The summed E-state index contributed by atoms with van der Waals surface area (Å²) in [5.41, 5.74) is 3.70. The number of rotatable bonds is 4. The van der Waals surface area contributed by atoms with Gasteiger partial charge in [0.1, 0.15) is 5.75 Å². The van der Waals surface area contributed by atoms with Crippen LogP contribution in [-0.4, -0.2) is 39.7 Å². The zero-order valence-corrected chi connectivity index (χ0v) is 14.0. The van der Waals surface area contributed by atoms with Crippen molar-refractivity contribution in [2.75, 3.05) is 20.2 Å². The Kier molecular flexibility index (Phi) is 4.01. The lowest BCUT2D eigenvalue weighted by Crippen LogP contribution is -2.32. The molecular formula is C17H20N4OS. The van der Waals surface area contributed by atoms with E-state index >= 15 is 0 Å². The van der Waals surface area contributed by atoms with Crippen LogP contribution in [0.25, 0.3) is 10.9 Å². The minimum absolute atomic E-state index is 0.612. The van der Waals surface area contributed by atoms with E-state index in [1.165, 1.54) is 40.8 Å². The Morgan fingerprint density at radius 3 is 2.96 bits per heavy atom. The maximum absolute atomic E-state index is 5.38. The molecule has 0 unspecified atom stereocenters. The maximum atomic E-state index is 5.38. The van der Waals surface area contributed by atoms with Crippen LogP contribution in [-0.2, 0) is 6.54 Å². The number of hydrogen-bond donors (Lipinski definition) is 1. The number of benzene rings is 1. The average molecular weight is 328 g/mol. The van der Waals surface area contributed by atoms with Crippen LogP contribution in [0.5, 0.6) is 5.75 Å². The van der Waals surface area contributed by atoms with Gasteiger partial charge in [-0.2, -0.15) is 0 Å². The van der Waals surface area contributed by atoms with Crippen molar-refractivity contribution in [1.29, 1.82) is 0 Å². The summed E-state index contributed by atoms with van der Waals surface area (Å²) in [6, 6.07) is 6.25. The molecule has 6 heteroatoms. The Morgan fingerprint density at radius 2 is 2.22 bits per heavy atom. The van der Waals surface area contributed by atoms with Crippen LogP contribution >= 0.6 is 11.5 Å².